The van der Waals surface area contributed by atoms with E-state index in [4.69, 9.17) is 17.0 Å². The molecule has 0 radical (unpaired) electrons. The number of thiocarbonyl (C=S) groups is 1. The fraction of sp³-hybridized carbons (Fsp3) is 0.263. The summed E-state index contributed by atoms with van der Waals surface area (Å²) in [6.45, 7) is 2.87. The molecule has 0 atom stereocenters. The predicted molar refractivity (Wildman–Crippen MR) is 109 cm³/mol. The fourth-order valence-corrected chi connectivity index (χ4v) is 3.17. The van der Waals surface area contributed by atoms with Crippen molar-refractivity contribution < 1.29 is 9.53 Å². The van der Waals surface area contributed by atoms with Crippen molar-refractivity contribution in [3.05, 3.63) is 65.2 Å². The molecule has 25 heavy (non-hydrogen) atoms. The summed E-state index contributed by atoms with van der Waals surface area (Å²) in [7, 11) is 1.36. The van der Waals surface area contributed by atoms with Crippen LogP contribution in [0.1, 0.15) is 21.5 Å². The minimum absolute atomic E-state index is 0.366. The highest BCUT2D eigenvalue weighted by Crippen LogP contribution is 2.13. The van der Waals surface area contributed by atoms with E-state index in [0.29, 0.717) is 10.7 Å². The SMILES string of the molecule is COC(=O)c1cccc(NC(=S)NCCSCc2ccc(C)cc2)c1. The number of hydrogen-bond acceptors (Lipinski definition) is 4. The number of anilines is 1. The molecule has 0 bridgehead atoms. The molecular formula is C19H22N2O2S2. The number of rotatable bonds is 7. The highest BCUT2D eigenvalue weighted by molar-refractivity contribution is 7.98. The van der Waals surface area contributed by atoms with Crippen molar-refractivity contribution in [2.24, 2.45) is 0 Å². The standard InChI is InChI=1S/C19H22N2O2S2/c1-14-6-8-15(9-7-14)13-25-11-10-20-19(24)21-17-5-3-4-16(12-17)18(22)23-2/h3-9,12H,10-11,13H2,1-2H3,(H2,20,21,24). The van der Waals surface area contributed by atoms with Gasteiger partial charge in [0.2, 0.25) is 0 Å². The van der Waals surface area contributed by atoms with Crippen LogP contribution in [0.2, 0.25) is 0 Å². The molecule has 0 unspecified atom stereocenters. The number of ether oxygens (including phenoxy) is 1. The summed E-state index contributed by atoms with van der Waals surface area (Å²) in [6, 6.07) is 15.7. The number of carbonyl (C=O) groups is 1. The van der Waals surface area contributed by atoms with E-state index < -0.39 is 0 Å². The molecule has 0 aromatic heterocycles. The van der Waals surface area contributed by atoms with Crippen LogP contribution in [0.4, 0.5) is 5.69 Å². The Morgan fingerprint density at radius 2 is 1.96 bits per heavy atom. The van der Waals surface area contributed by atoms with Crippen molar-refractivity contribution in [3.8, 4) is 0 Å². The van der Waals surface area contributed by atoms with Crippen LogP contribution in [0.3, 0.4) is 0 Å². The summed E-state index contributed by atoms with van der Waals surface area (Å²) < 4.78 is 4.71. The minimum Gasteiger partial charge on any atom is -0.465 e. The van der Waals surface area contributed by atoms with Gasteiger partial charge in [-0.15, -0.1) is 0 Å². The van der Waals surface area contributed by atoms with E-state index in [0.717, 1.165) is 23.7 Å². The molecule has 0 fully saturated rings. The van der Waals surface area contributed by atoms with Crippen LogP contribution in [0.5, 0.6) is 0 Å². The molecule has 0 heterocycles. The maximum Gasteiger partial charge on any atom is 0.337 e. The summed E-state index contributed by atoms with van der Waals surface area (Å²) in [5, 5.41) is 6.79. The lowest BCUT2D eigenvalue weighted by Crippen LogP contribution is -2.30. The number of methoxy groups -OCH3 is 1. The van der Waals surface area contributed by atoms with E-state index >= 15 is 0 Å². The van der Waals surface area contributed by atoms with E-state index in [2.05, 4.69) is 41.8 Å². The Hall–Kier alpha value is -2.05. The van der Waals surface area contributed by atoms with Gasteiger partial charge in [-0.2, -0.15) is 11.8 Å². The van der Waals surface area contributed by atoms with Crippen molar-refractivity contribution in [2.45, 2.75) is 12.7 Å². The molecule has 0 aliphatic rings. The first-order chi connectivity index (χ1) is 12.1. The zero-order valence-corrected chi connectivity index (χ0v) is 16.0. The third kappa shape index (κ3) is 6.76. The average molecular weight is 375 g/mol. The van der Waals surface area contributed by atoms with Crippen molar-refractivity contribution in [2.75, 3.05) is 24.7 Å². The Balaban J connectivity index is 1.68. The molecule has 0 saturated carbocycles. The van der Waals surface area contributed by atoms with Gasteiger partial charge in [0.25, 0.3) is 0 Å². The van der Waals surface area contributed by atoms with E-state index in [9.17, 15) is 4.79 Å². The Bertz CT molecular complexity index is 718. The third-order valence-corrected chi connectivity index (χ3v) is 4.74. The monoisotopic (exact) mass is 374 g/mol. The molecular weight excluding hydrogens is 352 g/mol. The topological polar surface area (TPSA) is 50.4 Å². The quantitative estimate of drug-likeness (QED) is 0.434. The number of esters is 1. The maximum atomic E-state index is 11.5. The second kappa shape index (κ2) is 10.1. The largest absolute Gasteiger partial charge is 0.465 e. The van der Waals surface area contributed by atoms with E-state index in [1.54, 1.807) is 18.2 Å². The molecule has 6 heteroatoms. The van der Waals surface area contributed by atoms with Crippen LogP contribution < -0.4 is 10.6 Å². The van der Waals surface area contributed by atoms with Crippen LogP contribution >= 0.6 is 24.0 Å². The minimum atomic E-state index is -0.366. The Labute approximate surface area is 158 Å². The van der Waals surface area contributed by atoms with Crippen LogP contribution in [0.25, 0.3) is 0 Å². The van der Waals surface area contributed by atoms with Crippen molar-refractivity contribution >= 4 is 40.7 Å². The number of carbonyl (C=O) groups excluding carboxylic acids is 1. The van der Waals surface area contributed by atoms with E-state index in [1.807, 2.05) is 17.8 Å². The van der Waals surface area contributed by atoms with Crippen molar-refractivity contribution in [1.82, 2.24) is 5.32 Å². The van der Waals surface area contributed by atoms with Gasteiger partial charge in [-0.25, -0.2) is 4.79 Å². The summed E-state index contributed by atoms with van der Waals surface area (Å²) in [5.41, 5.74) is 3.86. The molecule has 0 amide bonds. The lowest BCUT2D eigenvalue weighted by Gasteiger charge is -2.11. The zero-order valence-electron chi connectivity index (χ0n) is 14.4. The highest BCUT2D eigenvalue weighted by atomic mass is 32.2. The first-order valence-corrected chi connectivity index (χ1v) is 9.51. The Morgan fingerprint density at radius 1 is 1.20 bits per heavy atom. The van der Waals surface area contributed by atoms with Gasteiger partial charge in [0.05, 0.1) is 12.7 Å². The van der Waals surface area contributed by atoms with Gasteiger partial charge in [0.15, 0.2) is 5.11 Å². The molecule has 0 aliphatic carbocycles. The molecule has 2 rings (SSSR count). The predicted octanol–water partition coefficient (Wildman–Crippen LogP) is 4.00. The van der Waals surface area contributed by atoms with Crippen LogP contribution in [0, 0.1) is 6.92 Å². The van der Waals surface area contributed by atoms with Crippen LogP contribution in [-0.2, 0) is 10.5 Å². The lowest BCUT2D eigenvalue weighted by atomic mass is 10.2. The van der Waals surface area contributed by atoms with Gasteiger partial charge in [-0.1, -0.05) is 35.9 Å². The molecule has 2 N–H and O–H groups in total. The summed E-state index contributed by atoms with van der Waals surface area (Å²) >= 11 is 7.14. The van der Waals surface area contributed by atoms with Gasteiger partial charge in [-0.3, -0.25) is 0 Å². The number of thioether (sulfide) groups is 1. The molecule has 0 spiro atoms. The molecule has 2 aromatic rings. The van der Waals surface area contributed by atoms with Crippen LogP contribution in [0.15, 0.2) is 48.5 Å². The van der Waals surface area contributed by atoms with Crippen molar-refractivity contribution in [1.29, 1.82) is 0 Å². The van der Waals surface area contributed by atoms with Gasteiger partial charge < -0.3 is 15.4 Å². The summed E-state index contributed by atoms with van der Waals surface area (Å²) in [6.07, 6.45) is 0. The average Bonchev–Trinajstić information content (AvgIpc) is 2.62. The lowest BCUT2D eigenvalue weighted by molar-refractivity contribution is 0.0601. The second-order valence-electron chi connectivity index (χ2n) is 5.49. The Kier molecular flexibility index (Phi) is 7.76. The Morgan fingerprint density at radius 3 is 2.68 bits per heavy atom. The van der Waals surface area contributed by atoms with Gasteiger partial charge in [-0.05, 0) is 42.9 Å². The molecule has 4 nitrogen and oxygen atoms in total. The van der Waals surface area contributed by atoms with E-state index in [1.165, 1.54) is 18.2 Å². The zero-order chi connectivity index (χ0) is 18.1. The van der Waals surface area contributed by atoms with Gasteiger partial charge in [0, 0.05) is 23.7 Å². The second-order valence-corrected chi connectivity index (χ2v) is 7.00. The summed E-state index contributed by atoms with van der Waals surface area (Å²) in [4.78, 5) is 11.5. The number of hydrogen-bond donors (Lipinski definition) is 2. The van der Waals surface area contributed by atoms with Crippen LogP contribution in [-0.4, -0.2) is 30.5 Å². The molecule has 132 valence electrons. The molecule has 0 saturated heterocycles. The number of benzene rings is 2. The molecule has 0 aliphatic heterocycles. The van der Waals surface area contributed by atoms with E-state index in [-0.39, 0.29) is 5.97 Å². The highest BCUT2D eigenvalue weighted by Gasteiger charge is 2.06. The smallest absolute Gasteiger partial charge is 0.337 e. The fourth-order valence-electron chi connectivity index (χ4n) is 2.13. The normalized spacial score (nSPS) is 10.2. The number of nitrogens with one attached hydrogen (secondary N) is 2. The first-order valence-electron chi connectivity index (χ1n) is 7.95. The summed E-state index contributed by atoms with van der Waals surface area (Å²) in [5.74, 6) is 1.58. The first kappa shape index (κ1) is 19.3. The maximum absolute atomic E-state index is 11.5. The molecule has 2 aromatic carbocycles. The van der Waals surface area contributed by atoms with Gasteiger partial charge in [0.1, 0.15) is 0 Å². The van der Waals surface area contributed by atoms with Crippen molar-refractivity contribution in [3.63, 3.8) is 0 Å². The van der Waals surface area contributed by atoms with Gasteiger partial charge >= 0.3 is 5.97 Å². The number of aryl methyl sites for hydroxylation is 1. The third-order valence-electron chi connectivity index (χ3n) is 3.46.